The molecule has 8 heteroatoms. The smallest absolute Gasteiger partial charge is 0.277 e. The van der Waals surface area contributed by atoms with Crippen molar-refractivity contribution >= 4 is 17.7 Å². The summed E-state index contributed by atoms with van der Waals surface area (Å²) in [6, 6.07) is 23.3. The number of likely N-dealkylation sites (N-methyl/N-ethyl adjacent to an activating group) is 1. The highest BCUT2D eigenvalue weighted by Crippen LogP contribution is 2.27. The van der Waals surface area contributed by atoms with Crippen molar-refractivity contribution in [1.82, 2.24) is 19.4 Å². The molecule has 1 aliphatic carbocycles. The molecule has 6 nitrogen and oxygen atoms in total. The molecule has 0 spiro atoms. The molecular weight excluding hydrogens is 570 g/mol. The third-order valence-corrected chi connectivity index (χ3v) is 9.47. The quantitative estimate of drug-likeness (QED) is 0.127. The first-order valence-corrected chi connectivity index (χ1v) is 16.5. The fourth-order valence-corrected chi connectivity index (χ4v) is 6.65. The van der Waals surface area contributed by atoms with Gasteiger partial charge in [-0.3, -0.25) is 9.59 Å². The van der Waals surface area contributed by atoms with Gasteiger partial charge in [0.1, 0.15) is 12.4 Å². The summed E-state index contributed by atoms with van der Waals surface area (Å²) in [7, 11) is 0. The molecule has 1 aromatic heterocycles. The van der Waals surface area contributed by atoms with E-state index in [4.69, 9.17) is 0 Å². The summed E-state index contributed by atoms with van der Waals surface area (Å²) >= 11 is 1.42. The molecule has 0 saturated carbocycles. The van der Waals surface area contributed by atoms with Gasteiger partial charge < -0.3 is 14.4 Å². The monoisotopic (exact) mass is 611 g/mol. The van der Waals surface area contributed by atoms with E-state index < -0.39 is 0 Å². The van der Waals surface area contributed by atoms with Gasteiger partial charge in [0.15, 0.2) is 5.16 Å². The Hall–Kier alpha value is -3.75. The molecule has 1 amide bonds. The van der Waals surface area contributed by atoms with Crippen molar-refractivity contribution in [2.45, 2.75) is 64.0 Å². The van der Waals surface area contributed by atoms with Gasteiger partial charge in [-0.2, -0.15) is 4.98 Å². The number of aromatic nitrogens is 2. The second-order valence-electron chi connectivity index (χ2n) is 11.4. The summed E-state index contributed by atoms with van der Waals surface area (Å²) in [5, 5.41) is 0.541. The Labute approximate surface area is 263 Å². The van der Waals surface area contributed by atoms with Crippen LogP contribution >= 0.6 is 11.8 Å². The average molecular weight is 612 g/mol. The third-order valence-electron chi connectivity index (χ3n) is 8.42. The first kappa shape index (κ1) is 31.7. The van der Waals surface area contributed by atoms with E-state index in [9.17, 15) is 14.0 Å². The zero-order chi connectivity index (χ0) is 31.1. The lowest BCUT2D eigenvalue weighted by atomic mass is 10.0. The van der Waals surface area contributed by atoms with Crippen LogP contribution in [0.3, 0.4) is 0 Å². The summed E-state index contributed by atoms with van der Waals surface area (Å²) in [5.41, 5.74) is 7.00. The minimum atomic E-state index is -0.286. The molecule has 0 unspecified atom stereocenters. The van der Waals surface area contributed by atoms with E-state index in [1.54, 1.807) is 12.1 Å². The van der Waals surface area contributed by atoms with Crippen LogP contribution in [0, 0.1) is 12.7 Å². The van der Waals surface area contributed by atoms with E-state index in [0.717, 1.165) is 60.4 Å². The molecule has 0 atom stereocenters. The van der Waals surface area contributed by atoms with Crippen LogP contribution in [0.25, 0.3) is 11.1 Å². The lowest BCUT2D eigenvalue weighted by molar-refractivity contribution is -0.132. The van der Waals surface area contributed by atoms with Gasteiger partial charge in [-0.05, 0) is 73.7 Å². The molecular formula is C36H41FN4O2S. The summed E-state index contributed by atoms with van der Waals surface area (Å²) in [6.07, 6.45) is 2.33. The molecule has 0 bridgehead atoms. The maximum Gasteiger partial charge on any atom is 0.277 e. The van der Waals surface area contributed by atoms with Crippen LogP contribution in [0.2, 0.25) is 0 Å². The van der Waals surface area contributed by atoms with E-state index in [2.05, 4.69) is 79.2 Å². The van der Waals surface area contributed by atoms with E-state index >= 15 is 0 Å². The van der Waals surface area contributed by atoms with Crippen LogP contribution in [0.4, 0.5) is 4.39 Å². The lowest BCUT2D eigenvalue weighted by Gasteiger charge is -2.28. The fourth-order valence-electron chi connectivity index (χ4n) is 5.69. The number of hydrogen-bond acceptors (Lipinski definition) is 5. The van der Waals surface area contributed by atoms with E-state index in [-0.39, 0.29) is 23.8 Å². The van der Waals surface area contributed by atoms with Crippen molar-refractivity contribution in [2.75, 3.05) is 26.2 Å². The van der Waals surface area contributed by atoms with Crippen molar-refractivity contribution in [3.63, 3.8) is 0 Å². The average Bonchev–Trinajstić information content (AvgIpc) is 3.54. The minimum Gasteiger partial charge on any atom is -0.336 e. The normalized spacial score (nSPS) is 12.5. The molecule has 0 radical (unpaired) electrons. The largest absolute Gasteiger partial charge is 0.336 e. The molecule has 1 heterocycles. The first-order valence-electron chi connectivity index (χ1n) is 15.5. The standard InChI is InChI=1S/C36H41FN4O2S/c1-4-39(5-2)21-22-40(23-27-11-17-30(18-12-27)29-15-9-26(3)10-16-29)34(42)24-41-33-8-6-7-32(33)35(43)38-36(41)44-25-28-13-19-31(37)20-14-28/h9-20H,4-8,21-25H2,1-3H3/i37-1. The molecule has 0 fully saturated rings. The maximum atomic E-state index is 14.1. The molecule has 0 saturated heterocycles. The second-order valence-corrected chi connectivity index (χ2v) is 12.3. The van der Waals surface area contributed by atoms with Crippen molar-refractivity contribution < 1.29 is 9.18 Å². The number of hydrogen-bond donors (Lipinski definition) is 0. The number of rotatable bonds is 13. The summed E-state index contributed by atoms with van der Waals surface area (Å²) in [5.74, 6) is 0.244. The van der Waals surface area contributed by atoms with Crippen LogP contribution < -0.4 is 5.56 Å². The number of carbonyl (C=O) groups excluding carboxylic acids is 1. The molecule has 230 valence electrons. The van der Waals surface area contributed by atoms with Gasteiger partial charge in [0.2, 0.25) is 5.91 Å². The summed E-state index contributed by atoms with van der Waals surface area (Å²) in [6.45, 7) is 10.2. The van der Waals surface area contributed by atoms with Crippen LogP contribution in [0.5, 0.6) is 0 Å². The Bertz CT molecular complexity index is 1610. The highest BCUT2D eigenvalue weighted by Gasteiger charge is 2.25. The molecule has 4 aromatic rings. The number of benzene rings is 3. The fraction of sp³-hybridized carbons (Fsp3) is 0.361. The predicted molar refractivity (Wildman–Crippen MR) is 176 cm³/mol. The van der Waals surface area contributed by atoms with Gasteiger partial charge >= 0.3 is 0 Å². The Kier molecular flexibility index (Phi) is 10.7. The molecule has 0 aliphatic heterocycles. The number of thioether (sulfide) groups is 1. The lowest BCUT2D eigenvalue weighted by Crippen LogP contribution is -2.40. The summed E-state index contributed by atoms with van der Waals surface area (Å²) in [4.78, 5) is 35.7. The Morgan fingerprint density at radius 3 is 2.18 bits per heavy atom. The number of nitrogens with zero attached hydrogens (tertiary/aromatic N) is 4. The zero-order valence-electron chi connectivity index (χ0n) is 25.9. The zero-order valence-corrected chi connectivity index (χ0v) is 26.7. The van der Waals surface area contributed by atoms with E-state index in [0.29, 0.717) is 30.4 Å². The van der Waals surface area contributed by atoms with Crippen LogP contribution in [0.15, 0.2) is 82.7 Å². The molecule has 5 rings (SSSR count). The minimum absolute atomic E-state index is 0.00273. The first-order chi connectivity index (χ1) is 21.3. The maximum absolute atomic E-state index is 14.1. The van der Waals surface area contributed by atoms with Crippen LogP contribution in [-0.2, 0) is 36.5 Å². The topological polar surface area (TPSA) is 58.4 Å². The van der Waals surface area contributed by atoms with E-state index in [1.165, 1.54) is 35.0 Å². The Morgan fingerprint density at radius 2 is 1.52 bits per heavy atom. The molecule has 44 heavy (non-hydrogen) atoms. The van der Waals surface area contributed by atoms with Gasteiger partial charge in [0.05, 0.1) is 0 Å². The van der Waals surface area contributed by atoms with Crippen LogP contribution in [-0.4, -0.2) is 51.4 Å². The van der Waals surface area contributed by atoms with Crippen molar-refractivity contribution in [1.29, 1.82) is 0 Å². The summed E-state index contributed by atoms with van der Waals surface area (Å²) < 4.78 is 15.4. The van der Waals surface area contributed by atoms with Gasteiger partial charge in [-0.1, -0.05) is 91.8 Å². The van der Waals surface area contributed by atoms with Crippen molar-refractivity contribution in [3.8, 4) is 11.1 Å². The van der Waals surface area contributed by atoms with Gasteiger partial charge in [0, 0.05) is 36.6 Å². The van der Waals surface area contributed by atoms with Gasteiger partial charge in [0.25, 0.3) is 5.56 Å². The van der Waals surface area contributed by atoms with E-state index in [1.807, 2.05) is 9.47 Å². The number of amides is 1. The van der Waals surface area contributed by atoms with Gasteiger partial charge in [-0.15, -0.1) is 0 Å². The SMILES string of the molecule is CCN(CC)CCN(Cc1ccc(-c2ccc(C)cc2)cc1)C(=O)Cn1c(SCc2ccc([18F])cc2)nc(=O)c2c1CCC2. The third kappa shape index (κ3) is 7.85. The predicted octanol–water partition coefficient (Wildman–Crippen LogP) is 6.51. The molecule has 1 aliphatic rings. The molecule has 3 aromatic carbocycles. The number of halogens is 1. The number of carbonyl (C=O) groups is 1. The van der Waals surface area contributed by atoms with Crippen molar-refractivity contribution in [2.24, 2.45) is 0 Å². The highest BCUT2D eigenvalue weighted by molar-refractivity contribution is 7.98. The number of fused-ring (bicyclic) bond motifs is 1. The van der Waals surface area contributed by atoms with Gasteiger partial charge in [-0.25, -0.2) is 4.39 Å². The Balaban J connectivity index is 1.38. The Morgan fingerprint density at radius 1 is 0.886 bits per heavy atom. The molecule has 0 N–H and O–H groups in total. The highest BCUT2D eigenvalue weighted by atomic mass is 32.2. The van der Waals surface area contributed by atoms with Crippen LogP contribution in [0.1, 0.15) is 48.2 Å². The van der Waals surface area contributed by atoms with Crippen molar-refractivity contribution in [3.05, 3.63) is 117 Å². The number of aryl methyl sites for hydroxylation is 1. The second kappa shape index (κ2) is 14.8.